The van der Waals surface area contributed by atoms with E-state index >= 15 is 0 Å². The Hall–Kier alpha value is -4.13. The van der Waals surface area contributed by atoms with Crippen LogP contribution in [-0.2, 0) is 19.4 Å². The van der Waals surface area contributed by atoms with Crippen molar-refractivity contribution < 1.29 is 32.6 Å². The number of rotatable bonds is 6. The molecular formula is C34H36ClN3O8S. The molecule has 0 aliphatic carbocycles. The maximum Gasteiger partial charge on any atom is 0.312 e. The summed E-state index contributed by atoms with van der Waals surface area (Å²) >= 11 is 6.41. The number of aromatic hydroxyl groups is 2. The van der Waals surface area contributed by atoms with E-state index in [0.29, 0.717) is 56.0 Å². The van der Waals surface area contributed by atoms with E-state index in [1.165, 1.54) is 12.3 Å². The Labute approximate surface area is 277 Å². The van der Waals surface area contributed by atoms with Crippen molar-refractivity contribution in [3.05, 3.63) is 75.5 Å². The summed E-state index contributed by atoms with van der Waals surface area (Å²) in [5.74, 6) is -1.43. The Balaban J connectivity index is 1.30. The molecule has 2 N–H and O–H groups in total. The minimum Gasteiger partial charge on any atom is -0.507 e. The highest BCUT2D eigenvalue weighted by Crippen LogP contribution is 2.45. The fourth-order valence-electron chi connectivity index (χ4n) is 6.54. The number of likely N-dealkylation sites (N-methyl/N-ethyl adjacent to an activating group) is 1. The second-order valence-electron chi connectivity index (χ2n) is 12.8. The zero-order chi connectivity index (χ0) is 33.7. The number of pyridine rings is 1. The summed E-state index contributed by atoms with van der Waals surface area (Å²) in [5, 5.41) is 22.2. The Morgan fingerprint density at radius 1 is 1.09 bits per heavy atom. The second kappa shape index (κ2) is 12.5. The van der Waals surface area contributed by atoms with Crippen LogP contribution in [0.3, 0.4) is 0 Å². The lowest BCUT2D eigenvalue weighted by atomic mass is 9.79. The number of phenols is 2. The number of likely N-dealkylation sites (tertiary alicyclic amines) is 1. The number of anilines is 1. The van der Waals surface area contributed by atoms with E-state index in [0.717, 1.165) is 18.0 Å². The largest absolute Gasteiger partial charge is 0.507 e. The maximum absolute atomic E-state index is 13.9. The first-order valence-corrected chi connectivity index (χ1v) is 17.6. The van der Waals surface area contributed by atoms with Gasteiger partial charge in [-0.1, -0.05) is 23.7 Å². The Morgan fingerprint density at radius 2 is 1.81 bits per heavy atom. The number of benzene rings is 2. The van der Waals surface area contributed by atoms with E-state index in [9.17, 15) is 28.2 Å². The quantitative estimate of drug-likeness (QED) is 0.266. The molecule has 2 aromatic carbocycles. The van der Waals surface area contributed by atoms with Gasteiger partial charge in [0, 0.05) is 67.0 Å². The first-order valence-electron chi connectivity index (χ1n) is 15.3. The van der Waals surface area contributed by atoms with Crippen LogP contribution >= 0.6 is 11.6 Å². The molecule has 0 spiro atoms. The lowest BCUT2D eigenvalue weighted by Gasteiger charge is -2.42. The van der Waals surface area contributed by atoms with E-state index in [4.69, 9.17) is 20.8 Å². The Bertz CT molecular complexity index is 2020. The molecule has 4 heterocycles. The van der Waals surface area contributed by atoms with E-state index < -0.39 is 38.5 Å². The highest BCUT2D eigenvalue weighted by atomic mass is 35.5. The summed E-state index contributed by atoms with van der Waals surface area (Å²) in [6.45, 7) is 3.88. The van der Waals surface area contributed by atoms with Gasteiger partial charge in [-0.15, -0.1) is 0 Å². The zero-order valence-electron chi connectivity index (χ0n) is 26.3. The minimum atomic E-state index is -3.47. The molecule has 2 aliphatic rings. The molecule has 2 atom stereocenters. The summed E-state index contributed by atoms with van der Waals surface area (Å²) in [4.78, 5) is 35.3. The number of hydrogen-bond acceptors (Lipinski definition) is 11. The van der Waals surface area contributed by atoms with Crippen molar-refractivity contribution in [2.45, 2.75) is 43.2 Å². The van der Waals surface area contributed by atoms with Crippen LogP contribution in [0.25, 0.3) is 22.3 Å². The predicted molar refractivity (Wildman–Crippen MR) is 178 cm³/mol. The third-order valence-corrected chi connectivity index (χ3v) is 10.7. The van der Waals surface area contributed by atoms with Crippen LogP contribution in [0.4, 0.5) is 5.69 Å². The number of carbonyl (C=O) groups excluding carboxylic acids is 1. The van der Waals surface area contributed by atoms with Gasteiger partial charge in [0.05, 0.1) is 10.4 Å². The Morgan fingerprint density at radius 3 is 2.51 bits per heavy atom. The number of esters is 1. The average Bonchev–Trinajstić information content (AvgIpc) is 3.02. The molecule has 248 valence electrons. The molecule has 0 amide bonds. The molecule has 13 heteroatoms. The van der Waals surface area contributed by atoms with E-state index in [-0.39, 0.29) is 39.0 Å². The summed E-state index contributed by atoms with van der Waals surface area (Å²) in [6, 6.07) is 12.6. The molecule has 0 bridgehead atoms. The van der Waals surface area contributed by atoms with Crippen molar-refractivity contribution >= 4 is 44.1 Å². The van der Waals surface area contributed by atoms with Crippen LogP contribution in [0, 0.1) is 5.41 Å². The summed E-state index contributed by atoms with van der Waals surface area (Å²) in [7, 11) is -1.55. The predicted octanol–water partition coefficient (Wildman–Crippen LogP) is 4.96. The number of ether oxygens (including phenoxy) is 1. The van der Waals surface area contributed by atoms with Crippen LogP contribution in [0.1, 0.15) is 37.7 Å². The lowest BCUT2D eigenvalue weighted by molar-refractivity contribution is -0.165. The number of piperidine rings is 2. The van der Waals surface area contributed by atoms with Gasteiger partial charge < -0.3 is 29.2 Å². The van der Waals surface area contributed by atoms with Gasteiger partial charge in [-0.25, -0.2) is 13.4 Å². The van der Waals surface area contributed by atoms with Crippen molar-refractivity contribution in [2.75, 3.05) is 44.4 Å². The summed E-state index contributed by atoms with van der Waals surface area (Å²) in [6.07, 6.45) is 3.32. The van der Waals surface area contributed by atoms with Crippen LogP contribution < -0.4 is 10.3 Å². The van der Waals surface area contributed by atoms with Crippen LogP contribution in [0.15, 0.2) is 69.0 Å². The van der Waals surface area contributed by atoms with Gasteiger partial charge in [0.2, 0.25) is 0 Å². The third-order valence-electron chi connectivity index (χ3n) is 9.35. The molecule has 6 rings (SSSR count). The molecule has 11 nitrogen and oxygen atoms in total. The summed E-state index contributed by atoms with van der Waals surface area (Å²) < 4.78 is 36.6. The fourth-order valence-corrected chi connectivity index (χ4v) is 7.35. The minimum absolute atomic E-state index is 0.00460. The molecule has 47 heavy (non-hydrogen) atoms. The first kappa shape index (κ1) is 32.8. The number of aromatic nitrogens is 1. The molecule has 2 aliphatic heterocycles. The molecule has 0 unspecified atom stereocenters. The van der Waals surface area contributed by atoms with Crippen LogP contribution in [-0.4, -0.2) is 80.1 Å². The number of halogens is 1. The molecule has 0 saturated carbocycles. The van der Waals surface area contributed by atoms with Gasteiger partial charge in [-0.3, -0.25) is 9.59 Å². The maximum atomic E-state index is 13.9. The van der Waals surface area contributed by atoms with Crippen LogP contribution in [0.5, 0.6) is 11.5 Å². The number of nitrogens with zero attached hydrogens (tertiary/aromatic N) is 3. The molecular weight excluding hydrogens is 646 g/mol. The van der Waals surface area contributed by atoms with Gasteiger partial charge >= 0.3 is 5.97 Å². The van der Waals surface area contributed by atoms with Gasteiger partial charge in [0.25, 0.3) is 0 Å². The van der Waals surface area contributed by atoms with Crippen LogP contribution in [0.2, 0.25) is 5.02 Å². The van der Waals surface area contributed by atoms with Crippen molar-refractivity contribution in [2.24, 2.45) is 5.41 Å². The number of fused-ring (bicyclic) bond motifs is 1. The first-order chi connectivity index (χ1) is 22.2. The molecule has 2 aromatic heterocycles. The van der Waals surface area contributed by atoms with Crippen molar-refractivity contribution in [3.8, 4) is 22.8 Å². The van der Waals surface area contributed by atoms with Crippen molar-refractivity contribution in [1.29, 1.82) is 0 Å². The van der Waals surface area contributed by atoms with Gasteiger partial charge in [0.15, 0.2) is 20.3 Å². The second-order valence-corrected chi connectivity index (χ2v) is 15.1. The SMILES string of the molecule is CN1CC[C@H](c2c(O)cc(O)c3c(=O)cc(-c4ccccc4Cl)oc23)[C@H](OC(=O)C2(C)CCN(c3ccnc(S(C)(=O)=O)c3)CC2)C1. The van der Waals surface area contributed by atoms with Gasteiger partial charge in [0.1, 0.15) is 34.3 Å². The normalized spacial score (nSPS) is 20.3. The molecule has 2 saturated heterocycles. The van der Waals surface area contributed by atoms with Crippen molar-refractivity contribution in [1.82, 2.24) is 9.88 Å². The third kappa shape index (κ3) is 6.41. The Kier molecular flexibility index (Phi) is 8.71. The summed E-state index contributed by atoms with van der Waals surface area (Å²) in [5.41, 5.74) is 0.189. The van der Waals surface area contributed by atoms with E-state index in [1.54, 1.807) is 36.4 Å². The van der Waals surface area contributed by atoms with E-state index in [1.807, 2.05) is 23.8 Å². The number of carbonyl (C=O) groups is 1. The van der Waals surface area contributed by atoms with Gasteiger partial charge in [-0.2, -0.15) is 0 Å². The molecule has 0 radical (unpaired) electrons. The highest BCUT2D eigenvalue weighted by molar-refractivity contribution is 7.90. The number of hydrogen-bond donors (Lipinski definition) is 2. The average molecular weight is 682 g/mol. The fraction of sp³-hybridized carbons (Fsp3) is 0.382. The van der Waals surface area contributed by atoms with Gasteiger partial charge in [-0.05, 0) is 64.0 Å². The topological polar surface area (TPSA) is 150 Å². The monoisotopic (exact) mass is 681 g/mol. The number of phenolic OH excluding ortho intramolecular Hbond substituents is 2. The lowest BCUT2D eigenvalue weighted by Crippen LogP contribution is -2.48. The molecule has 2 fully saturated rings. The smallest absolute Gasteiger partial charge is 0.312 e. The number of sulfone groups is 1. The van der Waals surface area contributed by atoms with Crippen molar-refractivity contribution in [3.63, 3.8) is 0 Å². The zero-order valence-corrected chi connectivity index (χ0v) is 27.8. The van der Waals surface area contributed by atoms with E-state index in [2.05, 4.69) is 4.98 Å². The highest BCUT2D eigenvalue weighted by Gasteiger charge is 2.43. The molecule has 4 aromatic rings. The standard InChI is InChI=1S/C34H36ClN3O8S/c1-34(10-14-38(15-11-34)20-8-12-36-29(16-20)47(3,43)44)33(42)46-28-19-37(2)13-9-22(28)30-24(39)17-25(40)31-26(41)18-27(45-32(30)31)21-6-4-5-7-23(21)35/h4-8,12,16-18,22,28,39-40H,9-11,13-15,19H2,1-3H3/t22-,28+/m0/s1.